The van der Waals surface area contributed by atoms with Gasteiger partial charge in [0.05, 0.1) is 5.34 Å². The first-order valence-electron chi connectivity index (χ1n) is 10.4. The van der Waals surface area contributed by atoms with Crippen molar-refractivity contribution in [1.82, 2.24) is 0 Å². The molecule has 0 saturated heterocycles. The van der Waals surface area contributed by atoms with Gasteiger partial charge in [0, 0.05) is 15.6 Å². The number of halogens is 7. The Kier molecular flexibility index (Phi) is 15.7. The molecule has 2 aromatic carbocycles. The van der Waals surface area contributed by atoms with Gasteiger partial charge in [-0.2, -0.15) is 0 Å². The molecule has 0 heterocycles. The maximum atomic E-state index is 12.6. The molecule has 4 rings (SSSR count). The predicted molar refractivity (Wildman–Crippen MR) is 138 cm³/mol. The molecular weight excluding hydrogens is 560 g/mol. The monoisotopic (exact) mass is 584 g/mol. The Morgan fingerprint density at radius 1 is 0.818 bits per heavy atom. The third-order valence-electron chi connectivity index (χ3n) is 5.32. The van der Waals surface area contributed by atoms with Gasteiger partial charge in [-0.25, -0.2) is 17.6 Å². The summed E-state index contributed by atoms with van der Waals surface area (Å²) in [7, 11) is 4.34. The van der Waals surface area contributed by atoms with E-state index in [2.05, 4.69) is 40.7 Å². The summed E-state index contributed by atoms with van der Waals surface area (Å²) in [4.78, 5) is 0. The van der Waals surface area contributed by atoms with Gasteiger partial charge in [-0.1, -0.05) is 28.1 Å². The fraction of sp³-hybridized carbons (Fsp3) is 0.478. The molecular formula is C23H26BBrCl2F4NS. The van der Waals surface area contributed by atoms with E-state index in [1.807, 2.05) is 12.1 Å². The molecule has 0 aromatic heterocycles. The fourth-order valence-electron chi connectivity index (χ4n) is 3.83. The van der Waals surface area contributed by atoms with Crippen molar-refractivity contribution in [1.29, 1.82) is 0 Å². The number of benzene rings is 2. The van der Waals surface area contributed by atoms with Crippen LogP contribution in [-0.2, 0) is 25.7 Å². The molecule has 33 heavy (non-hydrogen) atoms. The molecule has 0 bridgehead atoms. The Labute approximate surface area is 218 Å². The molecule has 0 N–H and O–H groups in total. The Morgan fingerprint density at radius 3 is 1.70 bits per heavy atom. The average Bonchev–Trinajstić information content (AvgIpc) is 2.79. The molecule has 0 spiro atoms. The zero-order valence-corrected chi connectivity index (χ0v) is 22.0. The van der Waals surface area contributed by atoms with Gasteiger partial charge in [-0.3, -0.25) is 0 Å². The number of fused-ring (bicyclic) bond motifs is 2. The van der Waals surface area contributed by atoms with Gasteiger partial charge in [0.15, 0.2) is 0 Å². The Bertz CT molecular complexity index is 875. The van der Waals surface area contributed by atoms with E-state index in [1.54, 1.807) is 18.2 Å². The summed E-state index contributed by atoms with van der Waals surface area (Å²) in [6.07, 6.45) is 3.92. The van der Waals surface area contributed by atoms with E-state index in [9.17, 15) is 17.6 Å². The van der Waals surface area contributed by atoms with E-state index in [4.69, 9.17) is 23.2 Å². The van der Waals surface area contributed by atoms with Crippen molar-refractivity contribution in [3.63, 3.8) is 0 Å². The SMILES string of the molecule is ClCCl.FC(F)c1cc2c(cc1Br)CCCC2.FC(F)c1ccc2c(c1)CCCC2.[B]=NS. The normalized spacial score (nSPS) is 13.8. The Balaban J connectivity index is 0.000000268. The molecule has 0 atom stereocenters. The van der Waals surface area contributed by atoms with Gasteiger partial charge in [0.2, 0.25) is 0 Å². The summed E-state index contributed by atoms with van der Waals surface area (Å²) >= 11 is 15.9. The predicted octanol–water partition coefficient (Wildman–Crippen LogP) is 9.37. The number of alkyl halides is 6. The van der Waals surface area contributed by atoms with Crippen LogP contribution in [0.15, 0.2) is 39.1 Å². The van der Waals surface area contributed by atoms with Crippen LogP contribution in [0.1, 0.15) is 71.9 Å². The molecule has 2 aliphatic rings. The maximum absolute atomic E-state index is 12.6. The molecule has 0 saturated carbocycles. The van der Waals surface area contributed by atoms with Gasteiger partial charge >= 0.3 is 24.8 Å². The molecule has 2 aliphatic carbocycles. The van der Waals surface area contributed by atoms with Gasteiger partial charge in [0.1, 0.15) is 0 Å². The molecule has 2 aromatic rings. The van der Waals surface area contributed by atoms with Gasteiger partial charge in [-0.05, 0) is 91.8 Å². The minimum absolute atomic E-state index is 0.130. The van der Waals surface area contributed by atoms with Crippen molar-refractivity contribution in [2.75, 3.05) is 5.34 Å². The molecule has 0 amide bonds. The van der Waals surface area contributed by atoms with Crippen molar-refractivity contribution >= 4 is 59.6 Å². The number of rotatable bonds is 2. The van der Waals surface area contributed by atoms with E-state index in [1.165, 1.54) is 24.0 Å². The van der Waals surface area contributed by atoms with Crippen molar-refractivity contribution in [3.05, 3.63) is 68.2 Å². The summed E-state index contributed by atoms with van der Waals surface area (Å²) in [5.74, 6) is 0. The van der Waals surface area contributed by atoms with E-state index in [0.717, 1.165) is 49.7 Å². The van der Waals surface area contributed by atoms with Crippen LogP contribution < -0.4 is 0 Å². The fourth-order valence-corrected chi connectivity index (χ4v) is 4.39. The minimum atomic E-state index is -2.38. The summed E-state index contributed by atoms with van der Waals surface area (Å²) in [6.45, 7) is 0. The quantitative estimate of drug-likeness (QED) is 0.156. The summed E-state index contributed by atoms with van der Waals surface area (Å²) in [5, 5.41) is 0.194. The third kappa shape index (κ3) is 10.7. The van der Waals surface area contributed by atoms with Crippen LogP contribution in [0.25, 0.3) is 0 Å². The van der Waals surface area contributed by atoms with E-state index < -0.39 is 12.9 Å². The Morgan fingerprint density at radius 2 is 1.24 bits per heavy atom. The summed E-state index contributed by atoms with van der Waals surface area (Å²) < 4.78 is 53.1. The zero-order chi connectivity index (χ0) is 24.8. The number of thiol groups is 1. The van der Waals surface area contributed by atoms with E-state index >= 15 is 0 Å². The number of aryl methyl sites for hydroxylation is 4. The average molecular weight is 586 g/mol. The third-order valence-corrected chi connectivity index (χ3v) is 6.01. The van der Waals surface area contributed by atoms with Crippen LogP contribution in [0.3, 0.4) is 0 Å². The molecule has 1 nitrogen and oxygen atoms in total. The van der Waals surface area contributed by atoms with Gasteiger partial charge < -0.3 is 0 Å². The van der Waals surface area contributed by atoms with Crippen LogP contribution in [0.5, 0.6) is 0 Å². The van der Waals surface area contributed by atoms with Gasteiger partial charge in [-0.15, -0.1) is 23.2 Å². The number of hydrogen-bond donors (Lipinski definition) is 1. The second-order valence-electron chi connectivity index (χ2n) is 7.40. The number of nitrogens with zero attached hydrogens (tertiary/aromatic N) is 1. The second kappa shape index (κ2) is 17.0. The summed E-state index contributed by atoms with van der Waals surface area (Å²) in [6, 6.07) is 8.59. The topological polar surface area (TPSA) is 12.4 Å². The molecule has 181 valence electrons. The first kappa shape index (κ1) is 30.5. The molecule has 0 unspecified atom stereocenters. The second-order valence-corrected chi connectivity index (χ2v) is 9.30. The molecule has 10 heteroatoms. The van der Waals surface area contributed by atoms with Gasteiger partial charge in [0.25, 0.3) is 12.9 Å². The van der Waals surface area contributed by atoms with Crippen LogP contribution in [0, 0.1) is 0 Å². The molecule has 0 fully saturated rings. The van der Waals surface area contributed by atoms with E-state index in [-0.39, 0.29) is 16.5 Å². The first-order chi connectivity index (χ1) is 15.8. The van der Waals surface area contributed by atoms with Crippen molar-refractivity contribution in [2.45, 2.75) is 64.2 Å². The Hall–Kier alpha value is -0.565. The number of hydrogen-bond acceptors (Lipinski definition) is 2. The van der Waals surface area contributed by atoms with Crippen LogP contribution >= 0.6 is 51.9 Å². The first-order valence-corrected chi connectivity index (χ1v) is 12.7. The molecule has 0 aliphatic heterocycles. The standard InChI is InChI=1S/C11H11BrF2.C11H12F2.CH2Cl2.BHNS/c12-10-6-8-4-2-1-3-7(8)5-9(10)11(13)14;12-11(13)10-6-5-8-3-1-2-4-9(8)7-10;2-1-3;1-2-3/h5-6,11H,1-4H2;5-7,11H,1-4H2;1H2;3H. The van der Waals surface area contributed by atoms with Crippen molar-refractivity contribution in [2.24, 2.45) is 4.30 Å². The van der Waals surface area contributed by atoms with Crippen molar-refractivity contribution in [3.8, 4) is 0 Å². The van der Waals surface area contributed by atoms with Crippen LogP contribution in [-0.4, -0.2) is 13.0 Å². The van der Waals surface area contributed by atoms with Crippen molar-refractivity contribution < 1.29 is 17.6 Å². The summed E-state index contributed by atoms with van der Waals surface area (Å²) in [5.41, 5.74) is 5.02. The zero-order valence-electron chi connectivity index (χ0n) is 18.0. The van der Waals surface area contributed by atoms with Crippen LogP contribution in [0.2, 0.25) is 0 Å². The molecule has 1 radical (unpaired) electrons. The van der Waals surface area contributed by atoms with E-state index in [0.29, 0.717) is 4.47 Å². The van der Waals surface area contributed by atoms with Crippen LogP contribution in [0.4, 0.5) is 17.6 Å².